The zero-order valence-electron chi connectivity index (χ0n) is 14.2. The van der Waals surface area contributed by atoms with Gasteiger partial charge in [0.2, 0.25) is 0 Å². The fraction of sp³-hybridized carbons (Fsp3) is 0.421. The molecule has 0 bridgehead atoms. The van der Waals surface area contributed by atoms with E-state index in [0.717, 1.165) is 30.5 Å². The quantitative estimate of drug-likeness (QED) is 0.793. The number of aliphatic hydroxyl groups is 1. The van der Waals surface area contributed by atoms with Crippen LogP contribution in [0.4, 0.5) is 0 Å². The lowest BCUT2D eigenvalue weighted by Gasteiger charge is -2.28. The van der Waals surface area contributed by atoms with E-state index in [-0.39, 0.29) is 6.10 Å². The fourth-order valence-corrected chi connectivity index (χ4v) is 4.39. The first-order chi connectivity index (χ1) is 11.6. The summed E-state index contributed by atoms with van der Waals surface area (Å²) in [4.78, 5) is 8.34. The average molecular weight is 341 g/mol. The molecule has 4 nitrogen and oxygen atoms in total. The molecular weight excluding hydrogens is 318 g/mol. The van der Waals surface area contributed by atoms with Gasteiger partial charge in [-0.25, -0.2) is 4.98 Å². The van der Waals surface area contributed by atoms with Crippen molar-refractivity contribution in [3.8, 4) is 0 Å². The Kier molecular flexibility index (Phi) is 4.16. The van der Waals surface area contributed by atoms with Gasteiger partial charge < -0.3 is 9.67 Å². The minimum Gasteiger partial charge on any atom is -0.390 e. The standard InChI is InChI=1S/C19H23N3OS/c1-13-7-17-18(8-14(13)2)22(12-20-17)11-16(23)10-21-5-3-19-15(9-21)4-6-24-19/h4,6-8,12,16,23H,3,5,9-11H2,1-2H3. The smallest absolute Gasteiger partial charge is 0.0959 e. The summed E-state index contributed by atoms with van der Waals surface area (Å²) in [5, 5.41) is 12.7. The lowest BCUT2D eigenvalue weighted by Crippen LogP contribution is -2.37. The summed E-state index contributed by atoms with van der Waals surface area (Å²) < 4.78 is 2.08. The number of benzene rings is 1. The lowest BCUT2D eigenvalue weighted by molar-refractivity contribution is 0.0930. The molecule has 24 heavy (non-hydrogen) atoms. The van der Waals surface area contributed by atoms with E-state index in [9.17, 15) is 5.11 Å². The van der Waals surface area contributed by atoms with Crippen molar-refractivity contribution >= 4 is 22.4 Å². The Hall–Kier alpha value is -1.69. The molecule has 1 atom stereocenters. The Morgan fingerprint density at radius 1 is 1.25 bits per heavy atom. The van der Waals surface area contributed by atoms with E-state index in [4.69, 9.17) is 0 Å². The molecule has 1 aromatic carbocycles. The number of rotatable bonds is 4. The molecule has 0 saturated heterocycles. The summed E-state index contributed by atoms with van der Waals surface area (Å²) in [6, 6.07) is 6.51. The number of aromatic nitrogens is 2. The van der Waals surface area contributed by atoms with Crippen LogP contribution in [0, 0.1) is 13.8 Å². The first kappa shape index (κ1) is 15.8. The number of nitrogens with zero attached hydrogens (tertiary/aromatic N) is 3. The van der Waals surface area contributed by atoms with Crippen LogP contribution in [-0.2, 0) is 19.5 Å². The number of β-amino-alcohol motifs (C(OH)–C–C–N with tert-alkyl or cyclic N) is 1. The molecule has 2 aromatic heterocycles. The molecule has 0 radical (unpaired) electrons. The molecule has 4 rings (SSSR count). The average Bonchev–Trinajstić information content (AvgIpc) is 3.15. The highest BCUT2D eigenvalue weighted by atomic mass is 32.1. The Labute approximate surface area is 146 Å². The Morgan fingerprint density at radius 2 is 2.08 bits per heavy atom. The van der Waals surface area contributed by atoms with Crippen molar-refractivity contribution in [2.45, 2.75) is 39.5 Å². The number of fused-ring (bicyclic) bond motifs is 2. The van der Waals surface area contributed by atoms with Crippen LogP contribution in [0.3, 0.4) is 0 Å². The van der Waals surface area contributed by atoms with Crippen LogP contribution >= 0.6 is 11.3 Å². The number of aryl methyl sites for hydroxylation is 2. The molecule has 126 valence electrons. The number of hydrogen-bond acceptors (Lipinski definition) is 4. The third-order valence-corrected chi connectivity index (χ3v) is 6.02. The summed E-state index contributed by atoms with van der Waals surface area (Å²) in [6.07, 6.45) is 2.57. The molecule has 5 heteroatoms. The highest BCUT2D eigenvalue weighted by molar-refractivity contribution is 7.10. The van der Waals surface area contributed by atoms with E-state index < -0.39 is 0 Å². The Morgan fingerprint density at radius 3 is 2.96 bits per heavy atom. The molecule has 1 N–H and O–H groups in total. The predicted octanol–water partition coefficient (Wildman–Crippen LogP) is 3.13. The van der Waals surface area contributed by atoms with Crippen LogP contribution < -0.4 is 0 Å². The van der Waals surface area contributed by atoms with E-state index in [0.29, 0.717) is 13.1 Å². The van der Waals surface area contributed by atoms with Crippen LogP contribution in [-0.4, -0.2) is 38.8 Å². The summed E-state index contributed by atoms with van der Waals surface area (Å²) in [7, 11) is 0. The van der Waals surface area contributed by atoms with Crippen molar-refractivity contribution < 1.29 is 5.11 Å². The number of imidazole rings is 1. The number of hydrogen-bond donors (Lipinski definition) is 1. The Bertz CT molecular complexity index is 867. The molecule has 0 saturated carbocycles. The van der Waals surface area contributed by atoms with Crippen molar-refractivity contribution in [3.05, 3.63) is 51.5 Å². The zero-order valence-corrected chi connectivity index (χ0v) is 15.0. The van der Waals surface area contributed by atoms with Gasteiger partial charge >= 0.3 is 0 Å². The van der Waals surface area contributed by atoms with Gasteiger partial charge in [-0.1, -0.05) is 0 Å². The van der Waals surface area contributed by atoms with Crippen LogP contribution in [0.25, 0.3) is 11.0 Å². The van der Waals surface area contributed by atoms with Crippen LogP contribution in [0.15, 0.2) is 29.9 Å². The van der Waals surface area contributed by atoms with E-state index in [2.05, 4.69) is 51.9 Å². The second-order valence-electron chi connectivity index (χ2n) is 6.83. The molecule has 0 fully saturated rings. The topological polar surface area (TPSA) is 41.3 Å². The van der Waals surface area contributed by atoms with Gasteiger partial charge in [-0.2, -0.15) is 0 Å². The van der Waals surface area contributed by atoms with Crippen LogP contribution in [0.5, 0.6) is 0 Å². The Balaban J connectivity index is 1.45. The van der Waals surface area contributed by atoms with Gasteiger partial charge in [0.25, 0.3) is 0 Å². The monoisotopic (exact) mass is 341 g/mol. The van der Waals surface area contributed by atoms with Gasteiger partial charge in [-0.05, 0) is 60.5 Å². The molecule has 0 aliphatic carbocycles. The summed E-state index contributed by atoms with van der Waals surface area (Å²) in [5.74, 6) is 0. The molecule has 1 aliphatic heterocycles. The van der Waals surface area contributed by atoms with E-state index in [1.165, 1.54) is 21.6 Å². The molecule has 1 aliphatic rings. The normalized spacial score (nSPS) is 16.5. The van der Waals surface area contributed by atoms with Gasteiger partial charge in [-0.15, -0.1) is 11.3 Å². The largest absolute Gasteiger partial charge is 0.390 e. The fourth-order valence-electron chi connectivity index (χ4n) is 3.50. The second-order valence-corrected chi connectivity index (χ2v) is 7.83. The van der Waals surface area contributed by atoms with Gasteiger partial charge in [0.1, 0.15) is 0 Å². The summed E-state index contributed by atoms with van der Waals surface area (Å²) >= 11 is 1.85. The van der Waals surface area contributed by atoms with Crippen molar-refractivity contribution in [1.29, 1.82) is 0 Å². The third kappa shape index (κ3) is 2.99. The lowest BCUT2D eigenvalue weighted by atomic mass is 10.1. The molecule has 3 aromatic rings. The maximum Gasteiger partial charge on any atom is 0.0959 e. The number of aliphatic hydroxyl groups excluding tert-OH is 1. The van der Waals surface area contributed by atoms with Gasteiger partial charge in [0, 0.05) is 24.5 Å². The highest BCUT2D eigenvalue weighted by Gasteiger charge is 2.20. The van der Waals surface area contributed by atoms with Crippen molar-refractivity contribution in [2.24, 2.45) is 0 Å². The van der Waals surface area contributed by atoms with E-state index >= 15 is 0 Å². The first-order valence-corrected chi connectivity index (χ1v) is 9.36. The second kappa shape index (κ2) is 6.31. The van der Waals surface area contributed by atoms with E-state index in [1.807, 2.05) is 17.7 Å². The highest BCUT2D eigenvalue weighted by Crippen LogP contribution is 2.24. The molecular formula is C19H23N3OS. The van der Waals surface area contributed by atoms with Gasteiger partial charge in [0.05, 0.1) is 30.0 Å². The van der Waals surface area contributed by atoms with Crippen LogP contribution in [0.1, 0.15) is 21.6 Å². The van der Waals surface area contributed by atoms with Gasteiger partial charge in [-0.3, -0.25) is 4.90 Å². The minimum atomic E-state index is -0.385. The molecule has 1 unspecified atom stereocenters. The van der Waals surface area contributed by atoms with Crippen LogP contribution in [0.2, 0.25) is 0 Å². The SMILES string of the molecule is Cc1cc2ncn(CC(O)CN3CCc4sccc4C3)c2cc1C. The minimum absolute atomic E-state index is 0.385. The summed E-state index contributed by atoms with van der Waals surface area (Å²) in [5.41, 5.74) is 6.06. The molecule has 0 spiro atoms. The maximum absolute atomic E-state index is 10.6. The van der Waals surface area contributed by atoms with Crippen molar-refractivity contribution in [2.75, 3.05) is 13.1 Å². The molecule has 0 amide bonds. The summed E-state index contributed by atoms with van der Waals surface area (Å²) in [6.45, 7) is 7.52. The molecule has 3 heterocycles. The third-order valence-electron chi connectivity index (χ3n) is 5.00. The van der Waals surface area contributed by atoms with E-state index in [1.54, 1.807) is 0 Å². The maximum atomic E-state index is 10.6. The zero-order chi connectivity index (χ0) is 16.7. The van der Waals surface area contributed by atoms with Gasteiger partial charge in [0.15, 0.2) is 0 Å². The van der Waals surface area contributed by atoms with Crippen molar-refractivity contribution in [3.63, 3.8) is 0 Å². The number of thiophene rings is 1. The van der Waals surface area contributed by atoms with Crippen molar-refractivity contribution in [1.82, 2.24) is 14.5 Å². The predicted molar refractivity (Wildman–Crippen MR) is 98.5 cm³/mol. The first-order valence-electron chi connectivity index (χ1n) is 8.48.